The van der Waals surface area contributed by atoms with Gasteiger partial charge in [0.2, 0.25) is 0 Å². The largest absolute Gasteiger partial charge is 0.497 e. The Morgan fingerprint density at radius 3 is 2.12 bits per heavy atom. The van der Waals surface area contributed by atoms with Crippen LogP contribution in [0.4, 0.5) is 0 Å². The van der Waals surface area contributed by atoms with Gasteiger partial charge in [-0.15, -0.1) is 0 Å². The zero-order valence-corrected chi connectivity index (χ0v) is 14.7. The molecule has 0 fully saturated rings. The molecular formula is C19H21NO5. The lowest BCUT2D eigenvalue weighted by Gasteiger charge is -2.18. The van der Waals surface area contributed by atoms with Gasteiger partial charge in [-0.25, -0.2) is 4.79 Å². The van der Waals surface area contributed by atoms with Gasteiger partial charge in [-0.3, -0.25) is 4.79 Å². The number of esters is 1. The lowest BCUT2D eigenvalue weighted by Crippen LogP contribution is -2.27. The van der Waals surface area contributed by atoms with Crippen molar-refractivity contribution >= 4 is 11.9 Å². The van der Waals surface area contributed by atoms with Gasteiger partial charge in [-0.1, -0.05) is 0 Å². The number of carbonyl (C=O) groups is 2. The third kappa shape index (κ3) is 4.29. The molecule has 1 atom stereocenters. The summed E-state index contributed by atoms with van der Waals surface area (Å²) >= 11 is 0. The molecule has 0 aromatic heterocycles. The predicted molar refractivity (Wildman–Crippen MR) is 93.2 cm³/mol. The molecule has 1 amide bonds. The molecule has 0 aliphatic carbocycles. The Bertz CT molecular complexity index is 755. The van der Waals surface area contributed by atoms with Crippen LogP contribution in [0.15, 0.2) is 42.5 Å². The Kier molecular flexibility index (Phi) is 6.00. The highest BCUT2D eigenvalue weighted by Gasteiger charge is 2.16. The number of amides is 1. The average molecular weight is 343 g/mol. The minimum absolute atomic E-state index is 0.256. The molecule has 0 spiro atoms. The molecule has 0 unspecified atom stereocenters. The summed E-state index contributed by atoms with van der Waals surface area (Å²) in [5.74, 6) is 0.643. The molecular weight excluding hydrogens is 322 g/mol. The molecule has 2 aromatic rings. The maximum Gasteiger partial charge on any atom is 0.337 e. The number of ether oxygens (including phenoxy) is 3. The van der Waals surface area contributed by atoms with Crippen molar-refractivity contribution in [3.8, 4) is 11.5 Å². The van der Waals surface area contributed by atoms with Crippen LogP contribution in [0.2, 0.25) is 0 Å². The monoisotopic (exact) mass is 343 g/mol. The van der Waals surface area contributed by atoms with Crippen LogP contribution in [0.5, 0.6) is 11.5 Å². The molecule has 132 valence electrons. The van der Waals surface area contributed by atoms with E-state index >= 15 is 0 Å². The summed E-state index contributed by atoms with van der Waals surface area (Å²) in [6.45, 7) is 1.86. The highest BCUT2D eigenvalue weighted by atomic mass is 16.5. The molecule has 2 rings (SSSR count). The van der Waals surface area contributed by atoms with E-state index in [-0.39, 0.29) is 11.9 Å². The van der Waals surface area contributed by atoms with E-state index in [2.05, 4.69) is 10.1 Å². The first kappa shape index (κ1) is 18.3. The highest BCUT2D eigenvalue weighted by molar-refractivity contribution is 5.96. The Labute approximate surface area is 146 Å². The SMILES string of the molecule is COC(=O)c1ccc(C(=O)N[C@H](C)c2cc(OC)ccc2OC)cc1. The fraction of sp³-hybridized carbons (Fsp3) is 0.263. The van der Waals surface area contributed by atoms with E-state index in [1.54, 1.807) is 50.6 Å². The van der Waals surface area contributed by atoms with Crippen LogP contribution in [-0.4, -0.2) is 33.2 Å². The normalized spacial score (nSPS) is 11.4. The topological polar surface area (TPSA) is 73.9 Å². The van der Waals surface area contributed by atoms with Crippen LogP contribution in [0.25, 0.3) is 0 Å². The van der Waals surface area contributed by atoms with Crippen molar-refractivity contribution in [2.45, 2.75) is 13.0 Å². The van der Waals surface area contributed by atoms with Crippen molar-refractivity contribution in [3.05, 3.63) is 59.2 Å². The molecule has 0 radical (unpaired) electrons. The van der Waals surface area contributed by atoms with Crippen LogP contribution in [-0.2, 0) is 4.74 Å². The number of rotatable bonds is 6. The quantitative estimate of drug-likeness (QED) is 0.816. The van der Waals surface area contributed by atoms with Crippen LogP contribution in [0.3, 0.4) is 0 Å². The zero-order chi connectivity index (χ0) is 18.4. The van der Waals surface area contributed by atoms with Gasteiger partial charge >= 0.3 is 5.97 Å². The van der Waals surface area contributed by atoms with Crippen molar-refractivity contribution in [2.75, 3.05) is 21.3 Å². The van der Waals surface area contributed by atoms with E-state index in [0.29, 0.717) is 22.6 Å². The Balaban J connectivity index is 2.16. The number of hydrogen-bond donors (Lipinski definition) is 1. The molecule has 0 bridgehead atoms. The summed E-state index contributed by atoms with van der Waals surface area (Å²) in [6.07, 6.45) is 0. The molecule has 0 heterocycles. The Morgan fingerprint density at radius 1 is 0.920 bits per heavy atom. The Morgan fingerprint density at radius 2 is 1.56 bits per heavy atom. The van der Waals surface area contributed by atoms with Gasteiger partial charge < -0.3 is 19.5 Å². The van der Waals surface area contributed by atoms with Gasteiger partial charge in [0.15, 0.2) is 0 Å². The minimum Gasteiger partial charge on any atom is -0.497 e. The van der Waals surface area contributed by atoms with Crippen molar-refractivity contribution in [1.82, 2.24) is 5.32 Å². The zero-order valence-electron chi connectivity index (χ0n) is 14.7. The van der Waals surface area contributed by atoms with E-state index in [1.165, 1.54) is 7.11 Å². The average Bonchev–Trinajstić information content (AvgIpc) is 2.66. The van der Waals surface area contributed by atoms with E-state index in [4.69, 9.17) is 9.47 Å². The van der Waals surface area contributed by atoms with Crippen molar-refractivity contribution < 1.29 is 23.8 Å². The smallest absolute Gasteiger partial charge is 0.337 e. The van der Waals surface area contributed by atoms with Gasteiger partial charge in [-0.05, 0) is 49.4 Å². The number of hydrogen-bond acceptors (Lipinski definition) is 5. The van der Waals surface area contributed by atoms with Gasteiger partial charge in [-0.2, -0.15) is 0 Å². The minimum atomic E-state index is -0.443. The molecule has 6 nitrogen and oxygen atoms in total. The number of nitrogens with one attached hydrogen (secondary N) is 1. The van der Waals surface area contributed by atoms with Gasteiger partial charge in [0, 0.05) is 11.1 Å². The fourth-order valence-corrected chi connectivity index (χ4v) is 2.41. The molecule has 1 N–H and O–H groups in total. The second kappa shape index (κ2) is 8.19. The maximum absolute atomic E-state index is 12.4. The first-order valence-corrected chi connectivity index (χ1v) is 7.71. The van der Waals surface area contributed by atoms with Gasteiger partial charge in [0.05, 0.1) is 32.9 Å². The van der Waals surface area contributed by atoms with E-state index < -0.39 is 5.97 Å². The summed E-state index contributed by atoms with van der Waals surface area (Å²) in [5.41, 5.74) is 1.64. The lowest BCUT2D eigenvalue weighted by molar-refractivity contribution is 0.0600. The summed E-state index contributed by atoms with van der Waals surface area (Å²) < 4.78 is 15.2. The third-order valence-electron chi connectivity index (χ3n) is 3.82. The first-order valence-electron chi connectivity index (χ1n) is 7.71. The van der Waals surface area contributed by atoms with Crippen molar-refractivity contribution in [3.63, 3.8) is 0 Å². The molecule has 0 aliphatic rings. The number of benzene rings is 2. The van der Waals surface area contributed by atoms with E-state index in [9.17, 15) is 9.59 Å². The number of methoxy groups -OCH3 is 3. The summed E-state index contributed by atoms with van der Waals surface area (Å²) in [7, 11) is 4.47. The second-order valence-corrected chi connectivity index (χ2v) is 5.37. The second-order valence-electron chi connectivity index (χ2n) is 5.37. The fourth-order valence-electron chi connectivity index (χ4n) is 2.41. The Hall–Kier alpha value is -3.02. The van der Waals surface area contributed by atoms with Crippen molar-refractivity contribution in [2.24, 2.45) is 0 Å². The molecule has 0 saturated heterocycles. The number of carbonyl (C=O) groups excluding carboxylic acids is 2. The van der Waals surface area contributed by atoms with Crippen LogP contribution in [0.1, 0.15) is 39.2 Å². The van der Waals surface area contributed by atoms with E-state index in [1.807, 2.05) is 13.0 Å². The van der Waals surface area contributed by atoms with E-state index in [0.717, 1.165) is 5.56 Å². The van der Waals surface area contributed by atoms with Crippen LogP contribution < -0.4 is 14.8 Å². The third-order valence-corrected chi connectivity index (χ3v) is 3.82. The van der Waals surface area contributed by atoms with Crippen LogP contribution >= 0.6 is 0 Å². The summed E-state index contributed by atoms with van der Waals surface area (Å²) in [4.78, 5) is 23.9. The molecule has 0 saturated carbocycles. The highest BCUT2D eigenvalue weighted by Crippen LogP contribution is 2.29. The van der Waals surface area contributed by atoms with Crippen molar-refractivity contribution in [1.29, 1.82) is 0 Å². The molecule has 25 heavy (non-hydrogen) atoms. The summed E-state index contributed by atoms with van der Waals surface area (Å²) in [6, 6.07) is 11.4. The lowest BCUT2D eigenvalue weighted by atomic mass is 10.1. The molecule has 6 heteroatoms. The first-order chi connectivity index (χ1) is 12.0. The predicted octanol–water partition coefficient (Wildman–Crippen LogP) is 2.98. The molecule has 2 aromatic carbocycles. The molecule has 0 aliphatic heterocycles. The maximum atomic E-state index is 12.4. The summed E-state index contributed by atoms with van der Waals surface area (Å²) in [5, 5.41) is 2.91. The van der Waals surface area contributed by atoms with Crippen LogP contribution in [0, 0.1) is 0 Å². The standard InChI is InChI=1S/C19H21NO5/c1-12(16-11-15(23-2)9-10-17(16)24-3)20-18(21)13-5-7-14(8-6-13)19(22)25-4/h5-12H,1-4H3,(H,20,21)/t12-/m1/s1. The van der Waals surface area contributed by atoms with Gasteiger partial charge in [0.25, 0.3) is 5.91 Å². The van der Waals surface area contributed by atoms with Gasteiger partial charge in [0.1, 0.15) is 11.5 Å².